The summed E-state index contributed by atoms with van der Waals surface area (Å²) < 4.78 is 9.99. The SMILES string of the molecule is Cn1cccc1-c1ccc(-c2cccn2C)o1. The van der Waals surface area contributed by atoms with Crippen LogP contribution in [-0.4, -0.2) is 9.13 Å². The van der Waals surface area contributed by atoms with E-state index in [2.05, 4.69) is 0 Å². The third-order valence-corrected chi connectivity index (χ3v) is 3.00. The van der Waals surface area contributed by atoms with E-state index >= 15 is 0 Å². The fourth-order valence-corrected chi connectivity index (χ4v) is 2.05. The molecular weight excluding hydrogens is 212 g/mol. The summed E-state index contributed by atoms with van der Waals surface area (Å²) in [7, 11) is 4.03. The van der Waals surface area contributed by atoms with Crippen LogP contribution in [0.2, 0.25) is 0 Å². The van der Waals surface area contributed by atoms with Gasteiger partial charge in [-0.25, -0.2) is 0 Å². The topological polar surface area (TPSA) is 23.0 Å². The highest BCUT2D eigenvalue weighted by Gasteiger charge is 2.10. The minimum Gasteiger partial charge on any atom is -0.453 e. The fourth-order valence-electron chi connectivity index (χ4n) is 2.05. The maximum Gasteiger partial charge on any atom is 0.151 e. The third kappa shape index (κ3) is 1.60. The van der Waals surface area contributed by atoms with Crippen LogP contribution in [0.3, 0.4) is 0 Å². The van der Waals surface area contributed by atoms with Crippen LogP contribution in [0.1, 0.15) is 0 Å². The fraction of sp³-hybridized carbons (Fsp3) is 0.143. The van der Waals surface area contributed by atoms with Crippen molar-refractivity contribution in [2.24, 2.45) is 14.1 Å². The summed E-state index contributed by atoms with van der Waals surface area (Å²) in [4.78, 5) is 0. The molecule has 0 unspecified atom stereocenters. The lowest BCUT2D eigenvalue weighted by Gasteiger charge is -2.00. The number of aryl methyl sites for hydroxylation is 2. The van der Waals surface area contributed by atoms with E-state index in [4.69, 9.17) is 4.42 Å². The third-order valence-electron chi connectivity index (χ3n) is 3.00. The predicted molar refractivity (Wildman–Crippen MR) is 67.5 cm³/mol. The van der Waals surface area contributed by atoms with Crippen molar-refractivity contribution >= 4 is 0 Å². The summed E-state index contributed by atoms with van der Waals surface area (Å²) in [5, 5.41) is 0. The minimum atomic E-state index is 0.897. The normalized spacial score (nSPS) is 10.9. The van der Waals surface area contributed by atoms with Crippen molar-refractivity contribution in [1.82, 2.24) is 9.13 Å². The number of hydrogen-bond acceptors (Lipinski definition) is 1. The van der Waals surface area contributed by atoms with Crippen LogP contribution in [0.25, 0.3) is 22.9 Å². The Balaban J connectivity index is 2.05. The second-order valence-electron chi connectivity index (χ2n) is 4.17. The first-order valence-corrected chi connectivity index (χ1v) is 5.59. The van der Waals surface area contributed by atoms with Gasteiger partial charge in [-0.05, 0) is 36.4 Å². The van der Waals surface area contributed by atoms with Crippen LogP contribution >= 0.6 is 0 Å². The van der Waals surface area contributed by atoms with Crippen molar-refractivity contribution < 1.29 is 4.42 Å². The number of hydrogen-bond donors (Lipinski definition) is 0. The molecule has 0 aromatic carbocycles. The van der Waals surface area contributed by atoms with Gasteiger partial charge in [0, 0.05) is 26.5 Å². The van der Waals surface area contributed by atoms with Gasteiger partial charge in [0.1, 0.15) is 0 Å². The zero-order valence-electron chi connectivity index (χ0n) is 9.92. The van der Waals surface area contributed by atoms with Gasteiger partial charge < -0.3 is 13.6 Å². The van der Waals surface area contributed by atoms with Gasteiger partial charge in [0.2, 0.25) is 0 Å². The second kappa shape index (κ2) is 3.70. The molecule has 0 saturated carbocycles. The Morgan fingerprint density at radius 3 is 1.59 bits per heavy atom. The number of rotatable bonds is 2. The van der Waals surface area contributed by atoms with E-state index in [9.17, 15) is 0 Å². The average Bonchev–Trinajstić information content (AvgIpc) is 2.97. The van der Waals surface area contributed by atoms with Gasteiger partial charge >= 0.3 is 0 Å². The first kappa shape index (κ1) is 10.0. The summed E-state index contributed by atoms with van der Waals surface area (Å²) in [6.45, 7) is 0. The molecule has 0 bridgehead atoms. The van der Waals surface area contributed by atoms with Crippen molar-refractivity contribution in [3.63, 3.8) is 0 Å². The summed E-state index contributed by atoms with van der Waals surface area (Å²) in [5.41, 5.74) is 2.18. The Bertz CT molecular complexity index is 588. The largest absolute Gasteiger partial charge is 0.453 e. The molecule has 86 valence electrons. The maximum atomic E-state index is 5.89. The molecule has 0 aliphatic rings. The van der Waals surface area contributed by atoms with E-state index in [1.165, 1.54) is 0 Å². The summed E-state index contributed by atoms with van der Waals surface area (Å²) >= 11 is 0. The second-order valence-corrected chi connectivity index (χ2v) is 4.17. The molecule has 0 atom stereocenters. The van der Waals surface area contributed by atoms with Crippen molar-refractivity contribution in [2.75, 3.05) is 0 Å². The van der Waals surface area contributed by atoms with Crippen molar-refractivity contribution in [3.05, 3.63) is 48.8 Å². The molecule has 0 N–H and O–H groups in total. The molecule has 0 saturated heterocycles. The van der Waals surface area contributed by atoms with Gasteiger partial charge in [0.15, 0.2) is 11.5 Å². The van der Waals surface area contributed by atoms with Gasteiger partial charge in [-0.15, -0.1) is 0 Å². The van der Waals surface area contributed by atoms with Crippen molar-refractivity contribution in [2.45, 2.75) is 0 Å². The summed E-state index contributed by atoms with van der Waals surface area (Å²) in [5.74, 6) is 1.79. The van der Waals surface area contributed by atoms with Gasteiger partial charge in [-0.1, -0.05) is 0 Å². The molecule has 0 aliphatic carbocycles. The standard InChI is InChI=1S/C14H14N2O/c1-15-9-3-5-11(15)13-7-8-14(17-13)12-6-4-10-16(12)2/h3-10H,1-2H3. The molecular formula is C14H14N2O. The monoisotopic (exact) mass is 226 g/mol. The molecule has 0 fully saturated rings. The van der Waals surface area contributed by atoms with E-state index in [0.29, 0.717) is 0 Å². The van der Waals surface area contributed by atoms with E-state index in [0.717, 1.165) is 22.9 Å². The van der Waals surface area contributed by atoms with Gasteiger partial charge in [0.25, 0.3) is 0 Å². The molecule has 0 aliphatic heterocycles. The van der Waals surface area contributed by atoms with Gasteiger partial charge in [-0.2, -0.15) is 0 Å². The summed E-state index contributed by atoms with van der Waals surface area (Å²) in [6, 6.07) is 12.1. The molecule has 0 amide bonds. The average molecular weight is 226 g/mol. The number of nitrogens with zero attached hydrogens (tertiary/aromatic N) is 2. The number of aromatic nitrogens is 2. The van der Waals surface area contributed by atoms with Crippen LogP contribution in [-0.2, 0) is 14.1 Å². The predicted octanol–water partition coefficient (Wildman–Crippen LogP) is 3.29. The molecule has 3 rings (SSSR count). The van der Waals surface area contributed by atoms with Crippen molar-refractivity contribution in [1.29, 1.82) is 0 Å². The van der Waals surface area contributed by atoms with Crippen molar-refractivity contribution in [3.8, 4) is 22.9 Å². The molecule has 3 aromatic heterocycles. The van der Waals surface area contributed by atoms with Crippen LogP contribution in [0.5, 0.6) is 0 Å². The zero-order valence-corrected chi connectivity index (χ0v) is 9.92. The Morgan fingerprint density at radius 2 is 1.24 bits per heavy atom. The molecule has 3 nitrogen and oxygen atoms in total. The maximum absolute atomic E-state index is 5.89. The molecule has 0 radical (unpaired) electrons. The molecule has 0 spiro atoms. The Labute approximate surface area is 99.9 Å². The number of furan rings is 1. The van der Waals surface area contributed by atoms with Crippen LogP contribution in [0, 0.1) is 0 Å². The minimum absolute atomic E-state index is 0.897. The summed E-state index contributed by atoms with van der Waals surface area (Å²) in [6.07, 6.45) is 4.03. The first-order valence-electron chi connectivity index (χ1n) is 5.59. The molecule has 17 heavy (non-hydrogen) atoms. The van der Waals surface area contributed by atoms with Crippen LogP contribution < -0.4 is 0 Å². The highest BCUT2D eigenvalue weighted by atomic mass is 16.3. The van der Waals surface area contributed by atoms with E-state index in [-0.39, 0.29) is 0 Å². The van der Waals surface area contributed by atoms with Gasteiger partial charge in [-0.3, -0.25) is 0 Å². The quantitative estimate of drug-likeness (QED) is 0.657. The van der Waals surface area contributed by atoms with Crippen LogP contribution in [0.4, 0.5) is 0 Å². The Hall–Kier alpha value is -2.16. The molecule has 3 heterocycles. The van der Waals surface area contributed by atoms with E-state index < -0.39 is 0 Å². The van der Waals surface area contributed by atoms with E-state index in [1.807, 2.05) is 72.0 Å². The first-order chi connectivity index (χ1) is 8.25. The molecule has 3 heteroatoms. The lowest BCUT2D eigenvalue weighted by atomic mass is 10.3. The van der Waals surface area contributed by atoms with Crippen LogP contribution in [0.15, 0.2) is 53.2 Å². The highest BCUT2D eigenvalue weighted by molar-refractivity contribution is 5.61. The lowest BCUT2D eigenvalue weighted by Crippen LogP contribution is -1.88. The zero-order chi connectivity index (χ0) is 11.8. The smallest absolute Gasteiger partial charge is 0.151 e. The van der Waals surface area contributed by atoms with Gasteiger partial charge in [0.05, 0.1) is 11.4 Å². The Kier molecular flexibility index (Phi) is 2.18. The molecule has 3 aromatic rings. The highest BCUT2D eigenvalue weighted by Crippen LogP contribution is 2.28. The lowest BCUT2D eigenvalue weighted by molar-refractivity contribution is 0.586. The van der Waals surface area contributed by atoms with E-state index in [1.54, 1.807) is 0 Å². The Morgan fingerprint density at radius 1 is 0.765 bits per heavy atom.